The third-order valence-electron chi connectivity index (χ3n) is 6.50. The van der Waals surface area contributed by atoms with Crippen LogP contribution >= 0.6 is 0 Å². The minimum atomic E-state index is -3.66. The summed E-state index contributed by atoms with van der Waals surface area (Å²) in [6, 6.07) is 18.6. The number of carbonyl (C=O) groups is 1. The first-order valence-corrected chi connectivity index (χ1v) is 14.2. The molecule has 6 nitrogen and oxygen atoms in total. The molecule has 0 unspecified atom stereocenters. The van der Waals surface area contributed by atoms with Crippen molar-refractivity contribution in [3.63, 3.8) is 0 Å². The second-order valence-electron chi connectivity index (χ2n) is 9.88. The molecule has 0 aliphatic heterocycles. The van der Waals surface area contributed by atoms with Gasteiger partial charge in [0.1, 0.15) is 0 Å². The average molecular weight is 494 g/mol. The number of nitrogens with zero attached hydrogens (tertiary/aromatic N) is 3. The van der Waals surface area contributed by atoms with Crippen LogP contribution in [0, 0.1) is 5.92 Å². The highest BCUT2D eigenvalue weighted by atomic mass is 32.2. The normalized spacial score (nSPS) is 14.8. The van der Waals surface area contributed by atoms with Gasteiger partial charge in [-0.05, 0) is 36.5 Å². The predicted octanol–water partition coefficient (Wildman–Crippen LogP) is 5.66. The van der Waals surface area contributed by atoms with Gasteiger partial charge in [-0.15, -0.1) is 0 Å². The molecule has 1 aromatic heterocycles. The first-order valence-electron chi connectivity index (χ1n) is 12.5. The number of rotatable bonds is 9. The van der Waals surface area contributed by atoms with Gasteiger partial charge in [0.05, 0.1) is 24.2 Å². The quantitative estimate of drug-likeness (QED) is 0.386. The molecule has 1 heterocycles. The van der Waals surface area contributed by atoms with Gasteiger partial charge in [-0.25, -0.2) is 13.4 Å². The van der Waals surface area contributed by atoms with Crippen LogP contribution < -0.4 is 0 Å². The van der Waals surface area contributed by atoms with E-state index in [1.807, 2.05) is 70.1 Å². The maximum Gasteiger partial charge on any atom is 0.254 e. The second kappa shape index (κ2) is 11.2. The van der Waals surface area contributed by atoms with Crippen molar-refractivity contribution in [2.45, 2.75) is 69.4 Å². The summed E-state index contributed by atoms with van der Waals surface area (Å²) in [4.78, 5) is 19.7. The van der Waals surface area contributed by atoms with Gasteiger partial charge in [0.25, 0.3) is 5.91 Å². The number of amides is 1. The van der Waals surface area contributed by atoms with E-state index in [4.69, 9.17) is 0 Å². The van der Waals surface area contributed by atoms with Gasteiger partial charge in [-0.3, -0.25) is 4.79 Å². The molecule has 4 rings (SSSR count). The van der Waals surface area contributed by atoms with Crippen LogP contribution in [0.4, 0.5) is 0 Å². The molecule has 1 aliphatic rings. The molecule has 0 spiro atoms. The van der Waals surface area contributed by atoms with Crippen LogP contribution in [-0.2, 0) is 22.1 Å². The molecule has 1 fully saturated rings. The molecule has 1 saturated carbocycles. The molecule has 35 heavy (non-hydrogen) atoms. The predicted molar refractivity (Wildman–Crippen MR) is 138 cm³/mol. The van der Waals surface area contributed by atoms with Crippen molar-refractivity contribution in [2.75, 3.05) is 6.54 Å². The molecule has 1 aliphatic carbocycles. The van der Waals surface area contributed by atoms with Gasteiger partial charge < -0.3 is 9.47 Å². The standard InChI is InChI=1S/C28H35N3O3S/c1-22(2)19-30(27(32)24-14-8-4-9-15-24)20-26-18-29-28(31(26)25-16-10-5-11-17-25)35(33,34)21-23-12-6-3-7-13-23/h3-4,6-9,12-15,18,22,25H,5,10-11,16-17,19-21H2,1-2H3. The number of carbonyl (C=O) groups excluding carboxylic acids is 1. The van der Waals surface area contributed by atoms with Crippen molar-refractivity contribution in [1.29, 1.82) is 0 Å². The fourth-order valence-corrected chi connectivity index (χ4v) is 6.47. The summed E-state index contributed by atoms with van der Waals surface area (Å²) in [5.41, 5.74) is 2.16. The highest BCUT2D eigenvalue weighted by molar-refractivity contribution is 7.90. The lowest BCUT2D eigenvalue weighted by Gasteiger charge is -2.29. The summed E-state index contributed by atoms with van der Waals surface area (Å²) in [7, 11) is -3.66. The summed E-state index contributed by atoms with van der Waals surface area (Å²) in [5, 5.41) is 0.125. The lowest BCUT2D eigenvalue weighted by atomic mass is 9.95. The van der Waals surface area contributed by atoms with Crippen LogP contribution in [0.1, 0.15) is 73.6 Å². The Kier molecular flexibility index (Phi) is 8.06. The lowest BCUT2D eigenvalue weighted by Crippen LogP contribution is -2.35. The Morgan fingerprint density at radius 1 is 1.00 bits per heavy atom. The van der Waals surface area contributed by atoms with E-state index in [0.717, 1.165) is 36.9 Å². The maximum atomic E-state index is 13.5. The lowest BCUT2D eigenvalue weighted by molar-refractivity contribution is 0.0716. The third-order valence-corrected chi connectivity index (χ3v) is 8.08. The fraction of sp³-hybridized carbons (Fsp3) is 0.429. The molecule has 2 aromatic carbocycles. The van der Waals surface area contributed by atoms with Crippen molar-refractivity contribution in [2.24, 2.45) is 5.92 Å². The van der Waals surface area contributed by atoms with Crippen LogP contribution in [-0.4, -0.2) is 35.3 Å². The number of imidazole rings is 1. The van der Waals surface area contributed by atoms with Crippen LogP contribution in [0.25, 0.3) is 0 Å². The van der Waals surface area contributed by atoms with Gasteiger partial charge in [0.2, 0.25) is 15.0 Å². The van der Waals surface area contributed by atoms with E-state index >= 15 is 0 Å². The SMILES string of the molecule is CC(C)CN(Cc1cnc(S(=O)(=O)Cc2ccccc2)n1C1CCCCC1)C(=O)c1ccccc1. The topological polar surface area (TPSA) is 72.3 Å². The first kappa shape index (κ1) is 25.2. The fourth-order valence-electron chi connectivity index (χ4n) is 4.93. The molecule has 0 bridgehead atoms. The number of aromatic nitrogens is 2. The smallest absolute Gasteiger partial charge is 0.254 e. The van der Waals surface area contributed by atoms with Crippen LogP contribution in [0.5, 0.6) is 0 Å². The third kappa shape index (κ3) is 6.20. The summed E-state index contributed by atoms with van der Waals surface area (Å²) in [6.45, 7) is 5.07. The Hall–Kier alpha value is -2.93. The first-order chi connectivity index (χ1) is 16.8. The van der Waals surface area contributed by atoms with Crippen molar-refractivity contribution in [3.8, 4) is 0 Å². The van der Waals surface area contributed by atoms with Crippen molar-refractivity contribution in [3.05, 3.63) is 83.7 Å². The van der Waals surface area contributed by atoms with E-state index in [-0.39, 0.29) is 28.8 Å². The average Bonchev–Trinajstić information content (AvgIpc) is 3.29. The molecule has 3 aromatic rings. The molecule has 7 heteroatoms. The molecular weight excluding hydrogens is 458 g/mol. The highest BCUT2D eigenvalue weighted by Crippen LogP contribution is 2.33. The minimum absolute atomic E-state index is 0.0515. The monoisotopic (exact) mass is 493 g/mol. The Morgan fingerprint density at radius 3 is 2.26 bits per heavy atom. The molecule has 0 atom stereocenters. The van der Waals surface area contributed by atoms with E-state index in [9.17, 15) is 13.2 Å². The summed E-state index contributed by atoms with van der Waals surface area (Å²) in [6.07, 6.45) is 6.82. The van der Waals surface area contributed by atoms with Gasteiger partial charge in [-0.1, -0.05) is 81.6 Å². The molecular formula is C28H35N3O3S. The van der Waals surface area contributed by atoms with E-state index < -0.39 is 9.84 Å². The van der Waals surface area contributed by atoms with E-state index in [2.05, 4.69) is 18.8 Å². The van der Waals surface area contributed by atoms with Gasteiger partial charge in [0.15, 0.2) is 0 Å². The van der Waals surface area contributed by atoms with E-state index in [1.54, 1.807) is 6.20 Å². The van der Waals surface area contributed by atoms with E-state index in [1.165, 1.54) is 6.42 Å². The molecule has 186 valence electrons. The highest BCUT2D eigenvalue weighted by Gasteiger charge is 2.30. The van der Waals surface area contributed by atoms with Crippen LogP contribution in [0.2, 0.25) is 0 Å². The Morgan fingerprint density at radius 2 is 1.63 bits per heavy atom. The second-order valence-corrected chi connectivity index (χ2v) is 11.8. The van der Waals surface area contributed by atoms with Crippen molar-refractivity contribution in [1.82, 2.24) is 14.5 Å². The molecule has 1 amide bonds. The Labute approximate surface area is 208 Å². The molecule has 0 saturated heterocycles. The molecule has 0 N–H and O–H groups in total. The number of benzene rings is 2. The number of hydrogen-bond donors (Lipinski definition) is 0. The zero-order valence-corrected chi connectivity index (χ0v) is 21.5. The van der Waals surface area contributed by atoms with Crippen LogP contribution in [0.3, 0.4) is 0 Å². The summed E-state index contributed by atoms with van der Waals surface area (Å²) < 4.78 is 29.0. The maximum absolute atomic E-state index is 13.5. The van der Waals surface area contributed by atoms with Gasteiger partial charge in [-0.2, -0.15) is 0 Å². The number of sulfone groups is 1. The van der Waals surface area contributed by atoms with Crippen LogP contribution in [0.15, 0.2) is 72.0 Å². The molecule has 0 radical (unpaired) electrons. The zero-order valence-electron chi connectivity index (χ0n) is 20.6. The zero-order chi connectivity index (χ0) is 24.8. The summed E-state index contributed by atoms with van der Waals surface area (Å²) >= 11 is 0. The van der Waals surface area contributed by atoms with Gasteiger partial charge in [0, 0.05) is 18.2 Å². The van der Waals surface area contributed by atoms with Gasteiger partial charge >= 0.3 is 0 Å². The summed E-state index contributed by atoms with van der Waals surface area (Å²) in [5.74, 6) is 0.134. The Bertz CT molecular complexity index is 1210. The Balaban J connectivity index is 1.70. The van der Waals surface area contributed by atoms with Crippen molar-refractivity contribution < 1.29 is 13.2 Å². The van der Waals surface area contributed by atoms with Crippen molar-refractivity contribution >= 4 is 15.7 Å². The largest absolute Gasteiger partial charge is 0.333 e. The number of hydrogen-bond acceptors (Lipinski definition) is 4. The van der Waals surface area contributed by atoms with E-state index in [0.29, 0.717) is 18.7 Å². The minimum Gasteiger partial charge on any atom is -0.333 e.